The van der Waals surface area contributed by atoms with Crippen LogP contribution in [0, 0.1) is 5.92 Å². The maximum atomic E-state index is 13.3. The first-order valence-electron chi connectivity index (χ1n) is 10.6. The molecule has 1 aliphatic carbocycles. The SMILES string of the molecule is CN1CCN(S(=O)(=O)c2ccc3c(c2)C2C=CCC2C(c2cc(Br)ccc2O)N3)CC1. The first kappa shape index (κ1) is 21.0. The zero-order valence-corrected chi connectivity index (χ0v) is 19.7. The number of nitrogens with one attached hydrogen (secondary N) is 1. The number of nitrogens with zero attached hydrogens (tertiary/aromatic N) is 2. The van der Waals surface area contributed by atoms with Crippen molar-refractivity contribution in [3.05, 3.63) is 64.1 Å². The van der Waals surface area contributed by atoms with E-state index < -0.39 is 10.0 Å². The lowest BCUT2D eigenvalue weighted by Crippen LogP contribution is -2.47. The van der Waals surface area contributed by atoms with Gasteiger partial charge in [0.2, 0.25) is 10.0 Å². The number of piperazine rings is 1. The third kappa shape index (κ3) is 3.69. The summed E-state index contributed by atoms with van der Waals surface area (Å²) in [6, 6.07) is 10.9. The number of hydrogen-bond acceptors (Lipinski definition) is 5. The van der Waals surface area contributed by atoms with Crippen molar-refractivity contribution in [3.8, 4) is 5.75 Å². The van der Waals surface area contributed by atoms with Gasteiger partial charge in [0.1, 0.15) is 5.75 Å². The highest BCUT2D eigenvalue weighted by atomic mass is 79.9. The number of aromatic hydroxyl groups is 1. The number of rotatable bonds is 3. The fraction of sp³-hybridized carbons (Fsp3) is 0.391. The molecule has 1 saturated heterocycles. The summed E-state index contributed by atoms with van der Waals surface area (Å²) < 4.78 is 29.1. The Hall–Kier alpha value is -1.87. The fourth-order valence-corrected chi connectivity index (χ4v) is 6.83. The Morgan fingerprint density at radius 2 is 1.84 bits per heavy atom. The van der Waals surface area contributed by atoms with E-state index in [0.29, 0.717) is 18.0 Å². The van der Waals surface area contributed by atoms with E-state index >= 15 is 0 Å². The summed E-state index contributed by atoms with van der Waals surface area (Å²) in [6.07, 6.45) is 5.22. The zero-order chi connectivity index (χ0) is 21.8. The van der Waals surface area contributed by atoms with Crippen molar-refractivity contribution in [2.45, 2.75) is 23.3 Å². The molecule has 0 spiro atoms. The molecule has 6 nitrogen and oxygen atoms in total. The second-order valence-electron chi connectivity index (χ2n) is 8.64. The van der Waals surface area contributed by atoms with Crippen LogP contribution in [0.4, 0.5) is 5.69 Å². The van der Waals surface area contributed by atoms with Crippen molar-refractivity contribution < 1.29 is 13.5 Å². The summed E-state index contributed by atoms with van der Waals surface area (Å²) in [5.41, 5.74) is 2.79. The quantitative estimate of drug-likeness (QED) is 0.621. The molecule has 0 amide bonds. The summed E-state index contributed by atoms with van der Waals surface area (Å²) in [7, 11) is -1.50. The normalized spacial score (nSPS) is 26.3. The predicted molar refractivity (Wildman–Crippen MR) is 125 cm³/mol. The van der Waals surface area contributed by atoms with Crippen molar-refractivity contribution >= 4 is 31.6 Å². The number of halogens is 1. The second-order valence-corrected chi connectivity index (χ2v) is 11.5. The van der Waals surface area contributed by atoms with Gasteiger partial charge in [-0.2, -0.15) is 4.31 Å². The largest absolute Gasteiger partial charge is 0.508 e. The van der Waals surface area contributed by atoms with Crippen LogP contribution in [-0.4, -0.2) is 56.0 Å². The highest BCUT2D eigenvalue weighted by Gasteiger charge is 2.40. The molecule has 8 heteroatoms. The van der Waals surface area contributed by atoms with Crippen LogP contribution in [0.15, 0.2) is 57.9 Å². The molecule has 3 atom stereocenters. The summed E-state index contributed by atoms with van der Waals surface area (Å²) >= 11 is 3.51. The predicted octanol–water partition coefficient (Wildman–Crippen LogP) is 3.92. The fourth-order valence-electron chi connectivity index (χ4n) is 4.99. The summed E-state index contributed by atoms with van der Waals surface area (Å²) in [6.45, 7) is 2.53. The lowest BCUT2D eigenvalue weighted by molar-refractivity contribution is 0.222. The molecule has 3 unspecified atom stereocenters. The van der Waals surface area contributed by atoms with Crippen LogP contribution in [0.1, 0.15) is 29.5 Å². The lowest BCUT2D eigenvalue weighted by Gasteiger charge is -2.38. The second kappa shape index (κ2) is 7.92. The van der Waals surface area contributed by atoms with Gasteiger partial charge in [-0.3, -0.25) is 0 Å². The minimum atomic E-state index is -3.52. The van der Waals surface area contributed by atoms with Crippen LogP contribution in [0.5, 0.6) is 5.75 Å². The molecule has 0 aromatic heterocycles. The van der Waals surface area contributed by atoms with Gasteiger partial charge < -0.3 is 15.3 Å². The standard InChI is InChI=1S/C23H26BrN3O3S/c1-26-9-11-27(12-10-26)31(29,30)16-6-7-21-19(14-16)17-3-2-4-18(17)23(25-21)20-13-15(24)5-8-22(20)28/h2-3,5-8,13-14,17-18,23,25,28H,4,9-12H2,1H3. The van der Waals surface area contributed by atoms with Gasteiger partial charge in [-0.05, 0) is 61.3 Å². The third-order valence-electron chi connectivity index (χ3n) is 6.76. The highest BCUT2D eigenvalue weighted by molar-refractivity contribution is 9.10. The molecule has 2 aromatic carbocycles. The molecular formula is C23H26BrN3O3S. The molecular weight excluding hydrogens is 478 g/mol. The molecule has 164 valence electrons. The van der Waals surface area contributed by atoms with Crippen molar-refractivity contribution in [3.63, 3.8) is 0 Å². The third-order valence-corrected chi connectivity index (χ3v) is 9.15. The summed E-state index contributed by atoms with van der Waals surface area (Å²) in [4.78, 5) is 2.51. The van der Waals surface area contributed by atoms with E-state index in [1.54, 1.807) is 16.4 Å². The van der Waals surface area contributed by atoms with Gasteiger partial charge in [0.15, 0.2) is 0 Å². The van der Waals surface area contributed by atoms with E-state index in [2.05, 4.69) is 38.3 Å². The molecule has 2 N–H and O–H groups in total. The van der Waals surface area contributed by atoms with Crippen molar-refractivity contribution in [1.29, 1.82) is 0 Å². The van der Waals surface area contributed by atoms with E-state index in [0.717, 1.165) is 40.8 Å². The number of benzene rings is 2. The number of phenols is 1. The molecule has 2 aromatic rings. The van der Waals surface area contributed by atoms with Gasteiger partial charge in [-0.1, -0.05) is 28.1 Å². The van der Waals surface area contributed by atoms with Crippen LogP contribution < -0.4 is 5.32 Å². The maximum Gasteiger partial charge on any atom is 0.243 e. The summed E-state index contributed by atoms with van der Waals surface area (Å²) in [5.74, 6) is 0.598. The Kier molecular flexibility index (Phi) is 5.37. The van der Waals surface area contributed by atoms with Crippen LogP contribution in [-0.2, 0) is 10.0 Å². The molecule has 3 aliphatic rings. The van der Waals surface area contributed by atoms with E-state index in [1.807, 2.05) is 31.3 Å². The number of sulfonamides is 1. The average Bonchev–Trinajstić information content (AvgIpc) is 3.25. The molecule has 0 saturated carbocycles. The van der Waals surface area contributed by atoms with Gasteiger partial charge >= 0.3 is 0 Å². The molecule has 31 heavy (non-hydrogen) atoms. The maximum absolute atomic E-state index is 13.3. The van der Waals surface area contributed by atoms with Crippen LogP contribution >= 0.6 is 15.9 Å². The van der Waals surface area contributed by atoms with E-state index in [-0.39, 0.29) is 23.6 Å². The van der Waals surface area contributed by atoms with Crippen LogP contribution in [0.25, 0.3) is 0 Å². The Morgan fingerprint density at radius 3 is 2.61 bits per heavy atom. The number of fused-ring (bicyclic) bond motifs is 3. The van der Waals surface area contributed by atoms with Crippen molar-refractivity contribution in [1.82, 2.24) is 9.21 Å². The average molecular weight is 504 g/mol. The van der Waals surface area contributed by atoms with Gasteiger partial charge in [0, 0.05) is 47.8 Å². The Bertz CT molecular complexity index is 1140. The Balaban J connectivity index is 1.51. The Labute approximate surface area is 191 Å². The highest BCUT2D eigenvalue weighted by Crippen LogP contribution is 2.51. The van der Waals surface area contributed by atoms with E-state index in [1.165, 1.54) is 0 Å². The van der Waals surface area contributed by atoms with Crippen LogP contribution in [0.3, 0.4) is 0 Å². The van der Waals surface area contributed by atoms with E-state index in [9.17, 15) is 13.5 Å². The molecule has 5 rings (SSSR count). The molecule has 1 fully saturated rings. The van der Waals surface area contributed by atoms with Gasteiger partial charge in [-0.25, -0.2) is 8.42 Å². The van der Waals surface area contributed by atoms with Gasteiger partial charge in [0.05, 0.1) is 10.9 Å². The van der Waals surface area contributed by atoms with Gasteiger partial charge in [0.25, 0.3) is 0 Å². The van der Waals surface area contributed by atoms with Gasteiger partial charge in [-0.15, -0.1) is 0 Å². The van der Waals surface area contributed by atoms with E-state index in [4.69, 9.17) is 0 Å². The summed E-state index contributed by atoms with van der Waals surface area (Å²) in [5, 5.41) is 14.1. The topological polar surface area (TPSA) is 72.9 Å². The number of phenolic OH excluding ortho intramolecular Hbond substituents is 1. The van der Waals surface area contributed by atoms with Crippen molar-refractivity contribution in [2.75, 3.05) is 38.5 Å². The molecule has 0 radical (unpaired) electrons. The first-order valence-corrected chi connectivity index (χ1v) is 12.8. The molecule has 0 bridgehead atoms. The molecule has 2 heterocycles. The first-order chi connectivity index (χ1) is 14.8. The minimum Gasteiger partial charge on any atom is -0.508 e. The Morgan fingerprint density at radius 1 is 1.06 bits per heavy atom. The molecule has 2 aliphatic heterocycles. The lowest BCUT2D eigenvalue weighted by atomic mass is 9.77. The van der Waals surface area contributed by atoms with Crippen molar-refractivity contribution in [2.24, 2.45) is 5.92 Å². The number of anilines is 1. The number of allylic oxidation sites excluding steroid dienone is 2. The number of hydrogen-bond donors (Lipinski definition) is 2. The minimum absolute atomic E-state index is 0.0508. The van der Waals surface area contributed by atoms with Crippen LogP contribution in [0.2, 0.25) is 0 Å². The zero-order valence-electron chi connectivity index (χ0n) is 17.3. The monoisotopic (exact) mass is 503 g/mol. The smallest absolute Gasteiger partial charge is 0.243 e. The number of likely N-dealkylation sites (N-methyl/N-ethyl adjacent to an activating group) is 1.